The summed E-state index contributed by atoms with van der Waals surface area (Å²) in [5, 5.41) is 5.13. The van der Waals surface area contributed by atoms with Crippen molar-refractivity contribution in [3.05, 3.63) is 77.4 Å². The second kappa shape index (κ2) is 8.08. The first-order chi connectivity index (χ1) is 14.0. The Morgan fingerprint density at radius 1 is 0.897 bits per heavy atom. The lowest BCUT2D eigenvalue weighted by atomic mass is 9.94. The molecule has 1 saturated heterocycles. The zero-order chi connectivity index (χ0) is 20.4. The number of carbonyl (C=O) groups excluding carboxylic acids is 2. The van der Waals surface area contributed by atoms with E-state index in [-0.39, 0.29) is 17.7 Å². The summed E-state index contributed by atoms with van der Waals surface area (Å²) in [7, 11) is 0. The van der Waals surface area contributed by atoms with Crippen molar-refractivity contribution < 1.29 is 9.59 Å². The van der Waals surface area contributed by atoms with Crippen LogP contribution in [0.5, 0.6) is 0 Å². The first-order valence-corrected chi connectivity index (χ1v) is 10.2. The lowest BCUT2D eigenvalue weighted by Gasteiger charge is -2.31. The van der Waals surface area contributed by atoms with Gasteiger partial charge in [0.05, 0.1) is 0 Å². The van der Waals surface area contributed by atoms with E-state index in [1.165, 1.54) is 5.56 Å². The number of rotatable bonds is 3. The largest absolute Gasteiger partial charge is 0.339 e. The third kappa shape index (κ3) is 3.88. The molecule has 2 amide bonds. The number of hydrogen-bond donors (Lipinski definition) is 1. The average Bonchev–Trinajstić information content (AvgIpc) is 2.76. The summed E-state index contributed by atoms with van der Waals surface area (Å²) in [6, 6.07) is 19.8. The van der Waals surface area contributed by atoms with Crippen LogP contribution in [-0.4, -0.2) is 29.8 Å². The van der Waals surface area contributed by atoms with Gasteiger partial charge in [0.2, 0.25) is 5.91 Å². The molecule has 0 radical (unpaired) electrons. The van der Waals surface area contributed by atoms with Crippen molar-refractivity contribution >= 4 is 28.3 Å². The monoisotopic (exact) mass is 386 g/mol. The molecule has 1 aliphatic heterocycles. The molecule has 0 saturated carbocycles. The van der Waals surface area contributed by atoms with Crippen LogP contribution in [0.15, 0.2) is 60.7 Å². The van der Waals surface area contributed by atoms with Gasteiger partial charge in [0.15, 0.2) is 0 Å². The Morgan fingerprint density at radius 2 is 1.59 bits per heavy atom. The standard InChI is InChI=1S/C25H26N2O2/c1-17-7-5-12-23(18(17)2)26-24(28)20-13-15-27(16-14-20)25(29)22-11-6-9-19-8-3-4-10-21(19)22/h3-12,20H,13-16H2,1-2H3,(H,26,28). The molecule has 0 aliphatic carbocycles. The minimum absolute atomic E-state index is 0.0511. The van der Waals surface area contributed by atoms with Crippen LogP contribution >= 0.6 is 0 Å². The maximum atomic E-state index is 13.1. The summed E-state index contributed by atoms with van der Waals surface area (Å²) in [4.78, 5) is 27.7. The van der Waals surface area contributed by atoms with E-state index in [2.05, 4.69) is 5.32 Å². The number of benzene rings is 3. The van der Waals surface area contributed by atoms with Crippen molar-refractivity contribution in [2.24, 2.45) is 5.92 Å². The van der Waals surface area contributed by atoms with E-state index in [9.17, 15) is 9.59 Å². The van der Waals surface area contributed by atoms with E-state index in [1.54, 1.807) is 0 Å². The molecular weight excluding hydrogens is 360 g/mol. The van der Waals surface area contributed by atoms with Gasteiger partial charge in [0.1, 0.15) is 0 Å². The number of likely N-dealkylation sites (tertiary alicyclic amines) is 1. The molecule has 1 heterocycles. The Morgan fingerprint density at radius 3 is 2.38 bits per heavy atom. The topological polar surface area (TPSA) is 49.4 Å². The zero-order valence-corrected chi connectivity index (χ0v) is 16.9. The van der Waals surface area contributed by atoms with Crippen LogP contribution in [0, 0.1) is 19.8 Å². The number of carbonyl (C=O) groups is 2. The summed E-state index contributed by atoms with van der Waals surface area (Å²) in [5.74, 6) is 0.0395. The summed E-state index contributed by atoms with van der Waals surface area (Å²) < 4.78 is 0. The van der Waals surface area contributed by atoms with E-state index in [1.807, 2.05) is 79.4 Å². The Hall–Kier alpha value is -3.14. The van der Waals surface area contributed by atoms with Gasteiger partial charge in [-0.15, -0.1) is 0 Å². The molecule has 1 N–H and O–H groups in total. The number of piperidine rings is 1. The number of anilines is 1. The van der Waals surface area contributed by atoms with Crippen LogP contribution < -0.4 is 5.32 Å². The Labute approximate surface area is 171 Å². The predicted octanol–water partition coefficient (Wildman–Crippen LogP) is 4.95. The number of hydrogen-bond acceptors (Lipinski definition) is 2. The second-order valence-electron chi connectivity index (χ2n) is 7.83. The fourth-order valence-corrected chi connectivity index (χ4v) is 4.05. The van der Waals surface area contributed by atoms with E-state index in [4.69, 9.17) is 0 Å². The molecule has 1 aliphatic rings. The highest BCUT2D eigenvalue weighted by molar-refractivity contribution is 6.07. The lowest BCUT2D eigenvalue weighted by molar-refractivity contribution is -0.121. The molecule has 0 bridgehead atoms. The van der Waals surface area contributed by atoms with E-state index in [0.29, 0.717) is 25.9 Å². The molecule has 3 aromatic rings. The molecule has 148 valence electrons. The predicted molar refractivity (Wildman–Crippen MR) is 117 cm³/mol. The highest BCUT2D eigenvalue weighted by Gasteiger charge is 2.28. The minimum Gasteiger partial charge on any atom is -0.339 e. The highest BCUT2D eigenvalue weighted by Crippen LogP contribution is 2.25. The molecule has 4 nitrogen and oxygen atoms in total. The lowest BCUT2D eigenvalue weighted by Crippen LogP contribution is -2.41. The van der Waals surface area contributed by atoms with Gasteiger partial charge >= 0.3 is 0 Å². The SMILES string of the molecule is Cc1cccc(NC(=O)C2CCN(C(=O)c3cccc4ccccc34)CC2)c1C. The van der Waals surface area contributed by atoms with Crippen molar-refractivity contribution in [3.8, 4) is 0 Å². The number of aryl methyl sites for hydroxylation is 1. The quantitative estimate of drug-likeness (QED) is 0.693. The van der Waals surface area contributed by atoms with Crippen LogP contribution in [-0.2, 0) is 4.79 Å². The van der Waals surface area contributed by atoms with Crippen LogP contribution in [0.4, 0.5) is 5.69 Å². The molecule has 29 heavy (non-hydrogen) atoms. The fraction of sp³-hybridized carbons (Fsp3) is 0.280. The molecule has 0 spiro atoms. The Balaban J connectivity index is 1.42. The number of nitrogens with one attached hydrogen (secondary N) is 1. The molecule has 0 aromatic heterocycles. The number of fused-ring (bicyclic) bond motifs is 1. The van der Waals surface area contributed by atoms with Crippen LogP contribution in [0.1, 0.15) is 34.3 Å². The van der Waals surface area contributed by atoms with E-state index >= 15 is 0 Å². The maximum absolute atomic E-state index is 13.1. The number of nitrogens with zero attached hydrogens (tertiary/aromatic N) is 1. The smallest absolute Gasteiger partial charge is 0.254 e. The summed E-state index contributed by atoms with van der Waals surface area (Å²) in [6.45, 7) is 5.28. The van der Waals surface area contributed by atoms with Crippen LogP contribution in [0.3, 0.4) is 0 Å². The van der Waals surface area contributed by atoms with Crippen molar-refractivity contribution in [1.82, 2.24) is 4.90 Å². The Kier molecular flexibility index (Phi) is 5.34. The fourth-order valence-electron chi connectivity index (χ4n) is 4.05. The Bertz CT molecular complexity index is 1060. The second-order valence-corrected chi connectivity index (χ2v) is 7.83. The van der Waals surface area contributed by atoms with Crippen molar-refractivity contribution in [3.63, 3.8) is 0 Å². The van der Waals surface area contributed by atoms with Gasteiger partial charge < -0.3 is 10.2 Å². The third-order valence-electron chi connectivity index (χ3n) is 6.04. The van der Waals surface area contributed by atoms with Crippen molar-refractivity contribution in [1.29, 1.82) is 0 Å². The molecule has 1 fully saturated rings. The van der Waals surface area contributed by atoms with Crippen LogP contribution in [0.2, 0.25) is 0 Å². The third-order valence-corrected chi connectivity index (χ3v) is 6.04. The van der Waals surface area contributed by atoms with Gasteiger partial charge in [0, 0.05) is 30.3 Å². The first kappa shape index (κ1) is 19.2. The molecule has 0 unspecified atom stereocenters. The van der Waals surface area contributed by atoms with E-state index in [0.717, 1.165) is 27.6 Å². The summed E-state index contributed by atoms with van der Waals surface area (Å²) in [6.07, 6.45) is 1.38. The van der Waals surface area contributed by atoms with Crippen molar-refractivity contribution in [2.75, 3.05) is 18.4 Å². The average molecular weight is 386 g/mol. The maximum Gasteiger partial charge on any atom is 0.254 e. The van der Waals surface area contributed by atoms with Crippen LogP contribution in [0.25, 0.3) is 10.8 Å². The summed E-state index contributed by atoms with van der Waals surface area (Å²) in [5.41, 5.74) is 3.88. The molecule has 4 heteroatoms. The van der Waals surface area contributed by atoms with Gasteiger partial charge in [0.25, 0.3) is 5.91 Å². The van der Waals surface area contributed by atoms with Gasteiger partial charge in [-0.1, -0.05) is 48.5 Å². The van der Waals surface area contributed by atoms with Gasteiger partial charge in [-0.05, 0) is 60.7 Å². The molecule has 4 rings (SSSR count). The highest BCUT2D eigenvalue weighted by atomic mass is 16.2. The normalized spacial score (nSPS) is 14.8. The molecule has 3 aromatic carbocycles. The minimum atomic E-state index is -0.0634. The van der Waals surface area contributed by atoms with Gasteiger partial charge in [-0.3, -0.25) is 9.59 Å². The van der Waals surface area contributed by atoms with Gasteiger partial charge in [-0.2, -0.15) is 0 Å². The first-order valence-electron chi connectivity index (χ1n) is 10.2. The van der Waals surface area contributed by atoms with Gasteiger partial charge in [-0.25, -0.2) is 0 Å². The summed E-state index contributed by atoms with van der Waals surface area (Å²) >= 11 is 0. The number of amides is 2. The molecule has 0 atom stereocenters. The van der Waals surface area contributed by atoms with Crippen molar-refractivity contribution in [2.45, 2.75) is 26.7 Å². The zero-order valence-electron chi connectivity index (χ0n) is 16.9. The van der Waals surface area contributed by atoms with E-state index < -0.39 is 0 Å². The molecular formula is C25H26N2O2.